The van der Waals surface area contributed by atoms with E-state index in [0.717, 1.165) is 0 Å². The van der Waals surface area contributed by atoms with Gasteiger partial charge < -0.3 is 20.1 Å². The fourth-order valence-corrected chi connectivity index (χ4v) is 4.27. The van der Waals surface area contributed by atoms with Crippen molar-refractivity contribution in [1.29, 1.82) is 0 Å². The average Bonchev–Trinajstić information content (AvgIpc) is 2.73. The Labute approximate surface area is 180 Å². The molecule has 0 saturated heterocycles. The Bertz CT molecular complexity index is 981. The van der Waals surface area contributed by atoms with Gasteiger partial charge in [0.2, 0.25) is 15.9 Å². The second kappa shape index (κ2) is 10.9. The standard InChI is InChI=1S/C20H25F2N3O5S/c1-4-25(5-2)31(27,28)16-10-11-18(29-3)17(12-16)24-19(26)13-23-14-6-8-15(9-7-14)30-20(21)22/h6-12,20,23H,4-5,13H2,1-3H3,(H,24,26). The van der Waals surface area contributed by atoms with Crippen LogP contribution in [0.3, 0.4) is 0 Å². The van der Waals surface area contributed by atoms with E-state index in [4.69, 9.17) is 4.74 Å². The molecule has 31 heavy (non-hydrogen) atoms. The number of hydrogen-bond acceptors (Lipinski definition) is 6. The van der Waals surface area contributed by atoms with Crippen molar-refractivity contribution in [1.82, 2.24) is 4.31 Å². The van der Waals surface area contributed by atoms with Crippen molar-refractivity contribution in [3.8, 4) is 11.5 Å². The number of rotatable bonds is 11. The summed E-state index contributed by atoms with van der Waals surface area (Å²) in [4.78, 5) is 12.4. The van der Waals surface area contributed by atoms with E-state index in [-0.39, 0.29) is 22.9 Å². The van der Waals surface area contributed by atoms with Gasteiger partial charge in [-0.05, 0) is 42.5 Å². The fourth-order valence-electron chi connectivity index (χ4n) is 2.79. The van der Waals surface area contributed by atoms with Gasteiger partial charge in [-0.15, -0.1) is 0 Å². The summed E-state index contributed by atoms with van der Waals surface area (Å²) in [6.07, 6.45) is 0. The highest BCUT2D eigenvalue weighted by atomic mass is 32.2. The zero-order valence-corrected chi connectivity index (χ0v) is 18.2. The van der Waals surface area contributed by atoms with E-state index in [0.29, 0.717) is 24.5 Å². The van der Waals surface area contributed by atoms with Crippen LogP contribution in [0.2, 0.25) is 0 Å². The van der Waals surface area contributed by atoms with Gasteiger partial charge in [0.1, 0.15) is 11.5 Å². The van der Waals surface area contributed by atoms with Crippen LogP contribution in [0.25, 0.3) is 0 Å². The monoisotopic (exact) mass is 457 g/mol. The van der Waals surface area contributed by atoms with Crippen LogP contribution in [-0.4, -0.2) is 52.0 Å². The molecule has 1 amide bonds. The number of alkyl halides is 2. The van der Waals surface area contributed by atoms with Crippen LogP contribution in [0, 0.1) is 0 Å². The first-order valence-corrected chi connectivity index (χ1v) is 10.9. The predicted molar refractivity (Wildman–Crippen MR) is 113 cm³/mol. The summed E-state index contributed by atoms with van der Waals surface area (Å²) >= 11 is 0. The highest BCUT2D eigenvalue weighted by Gasteiger charge is 2.23. The lowest BCUT2D eigenvalue weighted by Crippen LogP contribution is -2.30. The predicted octanol–water partition coefficient (Wildman–Crippen LogP) is 3.38. The Morgan fingerprint density at radius 2 is 1.74 bits per heavy atom. The number of carbonyl (C=O) groups is 1. The first-order chi connectivity index (χ1) is 14.7. The molecular formula is C20H25F2N3O5S. The molecule has 0 radical (unpaired) electrons. The van der Waals surface area contributed by atoms with E-state index < -0.39 is 22.5 Å². The smallest absolute Gasteiger partial charge is 0.387 e. The molecule has 2 rings (SSSR count). The first kappa shape index (κ1) is 24.4. The van der Waals surface area contributed by atoms with E-state index in [9.17, 15) is 22.0 Å². The maximum Gasteiger partial charge on any atom is 0.387 e. The third kappa shape index (κ3) is 6.53. The molecule has 8 nitrogen and oxygen atoms in total. The summed E-state index contributed by atoms with van der Waals surface area (Å²) in [5.74, 6) is -0.148. The topological polar surface area (TPSA) is 97.0 Å². The van der Waals surface area contributed by atoms with Crippen molar-refractivity contribution in [2.45, 2.75) is 25.4 Å². The highest BCUT2D eigenvalue weighted by Crippen LogP contribution is 2.29. The Morgan fingerprint density at radius 1 is 1.10 bits per heavy atom. The number of ether oxygens (including phenoxy) is 2. The van der Waals surface area contributed by atoms with Crippen molar-refractivity contribution in [3.05, 3.63) is 42.5 Å². The van der Waals surface area contributed by atoms with Crippen LogP contribution >= 0.6 is 0 Å². The second-order valence-corrected chi connectivity index (χ2v) is 8.19. The molecule has 0 unspecified atom stereocenters. The quantitative estimate of drug-likeness (QED) is 0.537. The van der Waals surface area contributed by atoms with Crippen LogP contribution in [0.1, 0.15) is 13.8 Å². The lowest BCUT2D eigenvalue weighted by atomic mass is 10.3. The minimum absolute atomic E-state index is 0.000893. The van der Waals surface area contributed by atoms with E-state index in [1.54, 1.807) is 13.8 Å². The van der Waals surface area contributed by atoms with Gasteiger partial charge in [0.15, 0.2) is 0 Å². The van der Waals surface area contributed by atoms with Gasteiger partial charge in [0.25, 0.3) is 0 Å². The summed E-state index contributed by atoms with van der Waals surface area (Å²) in [7, 11) is -2.30. The lowest BCUT2D eigenvalue weighted by molar-refractivity contribution is -0.114. The molecule has 170 valence electrons. The van der Waals surface area contributed by atoms with E-state index in [2.05, 4.69) is 15.4 Å². The van der Waals surface area contributed by atoms with Crippen LogP contribution in [0.15, 0.2) is 47.4 Å². The third-order valence-electron chi connectivity index (χ3n) is 4.32. The Hall–Kier alpha value is -2.92. The number of sulfonamides is 1. The highest BCUT2D eigenvalue weighted by molar-refractivity contribution is 7.89. The zero-order chi connectivity index (χ0) is 23.0. The number of amides is 1. The number of carbonyl (C=O) groups excluding carboxylic acids is 1. The average molecular weight is 457 g/mol. The molecule has 0 fully saturated rings. The number of halogens is 2. The normalized spacial score (nSPS) is 11.5. The molecule has 2 aromatic rings. The summed E-state index contributed by atoms with van der Waals surface area (Å²) in [5, 5.41) is 5.47. The number of benzene rings is 2. The minimum Gasteiger partial charge on any atom is -0.495 e. The van der Waals surface area contributed by atoms with Crippen molar-refractivity contribution < 1.29 is 31.5 Å². The summed E-state index contributed by atoms with van der Waals surface area (Å²) in [6, 6.07) is 9.91. The minimum atomic E-state index is -3.71. The summed E-state index contributed by atoms with van der Waals surface area (Å²) in [5.41, 5.74) is 0.727. The number of hydrogen-bond donors (Lipinski definition) is 2. The van der Waals surface area contributed by atoms with Crippen LogP contribution in [0.4, 0.5) is 20.2 Å². The van der Waals surface area contributed by atoms with Gasteiger partial charge in [0, 0.05) is 18.8 Å². The van der Waals surface area contributed by atoms with Crippen molar-refractivity contribution in [2.75, 3.05) is 37.4 Å². The molecule has 0 aliphatic carbocycles. The Kier molecular flexibility index (Phi) is 8.57. The molecule has 0 saturated carbocycles. The molecule has 0 heterocycles. The largest absolute Gasteiger partial charge is 0.495 e. The zero-order valence-electron chi connectivity index (χ0n) is 17.4. The number of anilines is 2. The van der Waals surface area contributed by atoms with Gasteiger partial charge in [-0.1, -0.05) is 13.8 Å². The molecule has 0 bridgehead atoms. The molecule has 0 aliphatic heterocycles. The van der Waals surface area contributed by atoms with Crippen molar-refractivity contribution >= 4 is 27.3 Å². The molecule has 0 spiro atoms. The summed E-state index contributed by atoms with van der Waals surface area (Å²) < 4.78 is 60.6. The molecule has 11 heteroatoms. The Morgan fingerprint density at radius 3 is 2.29 bits per heavy atom. The third-order valence-corrected chi connectivity index (χ3v) is 6.37. The SMILES string of the molecule is CCN(CC)S(=O)(=O)c1ccc(OC)c(NC(=O)CNc2ccc(OC(F)F)cc2)c1. The number of methoxy groups -OCH3 is 1. The second-order valence-electron chi connectivity index (χ2n) is 6.26. The van der Waals surface area contributed by atoms with Gasteiger partial charge >= 0.3 is 6.61 Å². The van der Waals surface area contributed by atoms with Crippen LogP contribution in [0.5, 0.6) is 11.5 Å². The molecular weight excluding hydrogens is 432 g/mol. The molecule has 0 atom stereocenters. The maximum atomic E-state index is 12.7. The van der Waals surface area contributed by atoms with Gasteiger partial charge in [-0.3, -0.25) is 4.79 Å². The van der Waals surface area contributed by atoms with E-state index >= 15 is 0 Å². The summed E-state index contributed by atoms with van der Waals surface area (Å²) in [6.45, 7) is 1.05. The number of nitrogens with zero attached hydrogens (tertiary/aromatic N) is 1. The van der Waals surface area contributed by atoms with Crippen LogP contribution < -0.4 is 20.1 Å². The van der Waals surface area contributed by atoms with Crippen molar-refractivity contribution in [3.63, 3.8) is 0 Å². The van der Waals surface area contributed by atoms with Crippen LogP contribution in [-0.2, 0) is 14.8 Å². The fraction of sp³-hybridized carbons (Fsp3) is 0.350. The van der Waals surface area contributed by atoms with Gasteiger partial charge in [0.05, 0.1) is 24.2 Å². The Balaban J connectivity index is 2.09. The lowest BCUT2D eigenvalue weighted by Gasteiger charge is -2.19. The van der Waals surface area contributed by atoms with E-state index in [1.165, 1.54) is 53.9 Å². The number of nitrogens with one attached hydrogen (secondary N) is 2. The van der Waals surface area contributed by atoms with Gasteiger partial charge in [-0.25, -0.2) is 8.42 Å². The molecule has 0 aromatic heterocycles. The molecule has 0 aliphatic rings. The molecule has 2 N–H and O–H groups in total. The maximum absolute atomic E-state index is 12.7. The van der Waals surface area contributed by atoms with Crippen molar-refractivity contribution in [2.24, 2.45) is 0 Å². The molecule has 2 aromatic carbocycles. The first-order valence-electron chi connectivity index (χ1n) is 9.48. The van der Waals surface area contributed by atoms with Gasteiger partial charge in [-0.2, -0.15) is 13.1 Å². The van der Waals surface area contributed by atoms with E-state index in [1.807, 2.05) is 0 Å².